The summed E-state index contributed by atoms with van der Waals surface area (Å²) >= 11 is 1.45. The Labute approximate surface area is 103 Å². The number of fused-ring (bicyclic) bond motifs is 1. The van der Waals surface area contributed by atoms with Crippen molar-refractivity contribution in [3.05, 3.63) is 23.3 Å². The highest BCUT2D eigenvalue weighted by atomic mass is 32.2. The maximum atomic E-state index is 11.8. The van der Waals surface area contributed by atoms with Crippen molar-refractivity contribution in [2.75, 3.05) is 5.32 Å². The number of carbonyl (C=O) groups excluding carboxylic acids is 1. The van der Waals surface area contributed by atoms with Gasteiger partial charge < -0.3 is 10.4 Å². The molecule has 2 N–H and O–H groups in total. The molecule has 0 aromatic heterocycles. The molecule has 17 heavy (non-hydrogen) atoms. The maximum absolute atomic E-state index is 11.8. The minimum Gasteiger partial charge on any atom is -0.478 e. The first-order valence-electron chi connectivity index (χ1n) is 5.19. The molecule has 1 aromatic rings. The van der Waals surface area contributed by atoms with Crippen molar-refractivity contribution in [1.82, 2.24) is 0 Å². The van der Waals surface area contributed by atoms with Crippen molar-refractivity contribution in [1.29, 1.82) is 0 Å². The number of aryl methyl sites for hydroxylation is 1. The number of carbonyl (C=O) groups is 2. The van der Waals surface area contributed by atoms with E-state index in [2.05, 4.69) is 5.32 Å². The molecule has 0 atom stereocenters. The van der Waals surface area contributed by atoms with Crippen LogP contribution in [0.25, 0.3) is 0 Å². The summed E-state index contributed by atoms with van der Waals surface area (Å²) in [5.41, 5.74) is 1.52. The molecule has 0 bridgehead atoms. The summed E-state index contributed by atoms with van der Waals surface area (Å²) in [5.74, 6) is -1.08. The Hall–Kier alpha value is -1.49. The second kappa shape index (κ2) is 3.77. The van der Waals surface area contributed by atoms with E-state index in [9.17, 15) is 9.59 Å². The Morgan fingerprint density at radius 1 is 1.41 bits per heavy atom. The molecular weight excluding hydrogens is 238 g/mol. The minimum atomic E-state index is -0.977. The zero-order valence-corrected chi connectivity index (χ0v) is 10.6. The Kier molecular flexibility index (Phi) is 2.66. The van der Waals surface area contributed by atoms with Crippen molar-refractivity contribution in [3.8, 4) is 0 Å². The fourth-order valence-corrected chi connectivity index (χ4v) is 2.84. The van der Waals surface area contributed by atoms with Gasteiger partial charge in [0.15, 0.2) is 0 Å². The first-order valence-corrected chi connectivity index (χ1v) is 6.01. The maximum Gasteiger partial charge on any atom is 0.336 e. The molecule has 5 heteroatoms. The zero-order valence-electron chi connectivity index (χ0n) is 9.83. The summed E-state index contributed by atoms with van der Waals surface area (Å²) in [6.07, 6.45) is 0. The third-order valence-corrected chi connectivity index (χ3v) is 3.97. The SMILES string of the molecule is Cc1cc2c(cc1C(=O)O)NC(=O)C(C)(C)S2. The second-order valence-electron chi connectivity index (χ2n) is 4.53. The second-order valence-corrected chi connectivity index (χ2v) is 6.20. The third-order valence-electron chi connectivity index (χ3n) is 2.72. The largest absolute Gasteiger partial charge is 0.478 e. The van der Waals surface area contributed by atoms with E-state index in [1.54, 1.807) is 6.92 Å². The lowest BCUT2D eigenvalue weighted by molar-refractivity contribution is -0.117. The van der Waals surface area contributed by atoms with E-state index in [0.717, 1.165) is 4.90 Å². The quantitative estimate of drug-likeness (QED) is 0.804. The van der Waals surface area contributed by atoms with Gasteiger partial charge in [0, 0.05) is 4.90 Å². The summed E-state index contributed by atoms with van der Waals surface area (Å²) in [7, 11) is 0. The Balaban J connectivity index is 2.53. The smallest absolute Gasteiger partial charge is 0.336 e. The number of carboxylic acid groups (broad SMARTS) is 1. The van der Waals surface area contributed by atoms with E-state index in [1.165, 1.54) is 17.8 Å². The summed E-state index contributed by atoms with van der Waals surface area (Å²) in [6, 6.07) is 3.33. The van der Waals surface area contributed by atoms with Crippen LogP contribution in [0.1, 0.15) is 29.8 Å². The highest BCUT2D eigenvalue weighted by Crippen LogP contribution is 2.43. The van der Waals surface area contributed by atoms with Crippen LogP contribution in [0, 0.1) is 6.92 Å². The lowest BCUT2D eigenvalue weighted by atomic mass is 10.1. The van der Waals surface area contributed by atoms with E-state index in [0.29, 0.717) is 11.3 Å². The van der Waals surface area contributed by atoms with Gasteiger partial charge in [0.05, 0.1) is 16.0 Å². The van der Waals surface area contributed by atoms with Gasteiger partial charge in [0.25, 0.3) is 0 Å². The first-order chi connectivity index (χ1) is 7.81. The number of anilines is 1. The van der Waals surface area contributed by atoms with Crippen LogP contribution in [0.15, 0.2) is 17.0 Å². The molecule has 0 aliphatic carbocycles. The van der Waals surface area contributed by atoms with Crippen LogP contribution in [0.3, 0.4) is 0 Å². The van der Waals surface area contributed by atoms with E-state index in [1.807, 2.05) is 19.9 Å². The van der Waals surface area contributed by atoms with Crippen molar-refractivity contribution in [2.24, 2.45) is 0 Å². The number of rotatable bonds is 1. The monoisotopic (exact) mass is 251 g/mol. The molecule has 2 rings (SSSR count). The number of benzene rings is 1. The zero-order chi connectivity index (χ0) is 12.8. The standard InChI is InChI=1S/C12H13NO3S/c1-6-4-9-8(5-7(6)10(14)15)13-11(16)12(2,3)17-9/h4-5H,1-3H3,(H,13,16)(H,14,15). The molecule has 0 unspecified atom stereocenters. The van der Waals surface area contributed by atoms with Crippen molar-refractivity contribution in [3.63, 3.8) is 0 Å². The molecule has 0 radical (unpaired) electrons. The summed E-state index contributed by atoms with van der Waals surface area (Å²) < 4.78 is -0.524. The van der Waals surface area contributed by atoms with Crippen LogP contribution in [-0.4, -0.2) is 21.7 Å². The van der Waals surface area contributed by atoms with Crippen LogP contribution in [0.5, 0.6) is 0 Å². The predicted molar refractivity (Wildman–Crippen MR) is 66.7 cm³/mol. The number of thioether (sulfide) groups is 1. The summed E-state index contributed by atoms with van der Waals surface area (Å²) in [5, 5.41) is 11.8. The first kappa shape index (κ1) is 12.0. The van der Waals surface area contributed by atoms with Gasteiger partial charge in [-0.25, -0.2) is 4.79 Å². The van der Waals surface area contributed by atoms with Gasteiger partial charge in [0.2, 0.25) is 5.91 Å². The van der Waals surface area contributed by atoms with Crippen LogP contribution < -0.4 is 5.32 Å². The van der Waals surface area contributed by atoms with E-state index >= 15 is 0 Å². The predicted octanol–water partition coefficient (Wildman–Crippen LogP) is 2.52. The lowest BCUT2D eigenvalue weighted by Crippen LogP contribution is -2.37. The van der Waals surface area contributed by atoms with Crippen molar-refractivity contribution >= 4 is 29.3 Å². The van der Waals surface area contributed by atoms with Gasteiger partial charge in [-0.3, -0.25) is 4.79 Å². The number of carboxylic acids is 1. The normalized spacial score (nSPS) is 17.2. The Morgan fingerprint density at radius 3 is 2.65 bits per heavy atom. The molecule has 1 amide bonds. The van der Waals surface area contributed by atoms with Crippen molar-refractivity contribution < 1.29 is 14.7 Å². The highest BCUT2D eigenvalue weighted by molar-refractivity contribution is 8.01. The number of hydrogen-bond acceptors (Lipinski definition) is 3. The molecule has 90 valence electrons. The number of nitrogens with one attached hydrogen (secondary N) is 1. The molecule has 1 aliphatic rings. The molecule has 1 aliphatic heterocycles. The topological polar surface area (TPSA) is 66.4 Å². The third kappa shape index (κ3) is 2.02. The van der Waals surface area contributed by atoms with Crippen LogP contribution >= 0.6 is 11.8 Å². The minimum absolute atomic E-state index is 0.102. The van der Waals surface area contributed by atoms with E-state index in [4.69, 9.17) is 5.11 Å². The fraction of sp³-hybridized carbons (Fsp3) is 0.333. The van der Waals surface area contributed by atoms with Crippen LogP contribution in [0.4, 0.5) is 5.69 Å². The molecule has 0 saturated carbocycles. The van der Waals surface area contributed by atoms with Gasteiger partial charge in [-0.1, -0.05) is 0 Å². The van der Waals surface area contributed by atoms with Gasteiger partial charge in [-0.15, -0.1) is 11.8 Å². The molecular formula is C12H13NO3S. The number of aromatic carboxylic acids is 1. The van der Waals surface area contributed by atoms with E-state index in [-0.39, 0.29) is 11.5 Å². The summed E-state index contributed by atoms with van der Waals surface area (Å²) in [4.78, 5) is 23.7. The summed E-state index contributed by atoms with van der Waals surface area (Å²) in [6.45, 7) is 5.44. The van der Waals surface area contributed by atoms with Crippen molar-refractivity contribution in [2.45, 2.75) is 30.4 Å². The lowest BCUT2D eigenvalue weighted by Gasteiger charge is -2.30. The Morgan fingerprint density at radius 2 is 2.06 bits per heavy atom. The molecule has 1 heterocycles. The molecule has 0 fully saturated rings. The van der Waals surface area contributed by atoms with Gasteiger partial charge in [-0.05, 0) is 38.5 Å². The molecule has 4 nitrogen and oxygen atoms in total. The van der Waals surface area contributed by atoms with E-state index < -0.39 is 10.7 Å². The van der Waals surface area contributed by atoms with Gasteiger partial charge in [-0.2, -0.15) is 0 Å². The molecule has 1 aromatic carbocycles. The van der Waals surface area contributed by atoms with Crippen LogP contribution in [-0.2, 0) is 4.79 Å². The average molecular weight is 251 g/mol. The number of amides is 1. The van der Waals surface area contributed by atoms with Crippen LogP contribution in [0.2, 0.25) is 0 Å². The highest BCUT2D eigenvalue weighted by Gasteiger charge is 2.35. The fourth-order valence-electron chi connectivity index (χ4n) is 1.69. The Bertz CT molecular complexity index is 523. The van der Waals surface area contributed by atoms with Gasteiger partial charge in [0.1, 0.15) is 0 Å². The van der Waals surface area contributed by atoms with Gasteiger partial charge >= 0.3 is 5.97 Å². The average Bonchev–Trinajstić information content (AvgIpc) is 2.19. The molecule has 0 saturated heterocycles. The molecule has 0 spiro atoms. The number of hydrogen-bond donors (Lipinski definition) is 2.